The molecule has 1 aromatic carbocycles. The van der Waals surface area contributed by atoms with Crippen molar-refractivity contribution in [2.75, 3.05) is 6.61 Å². The molecule has 0 bridgehead atoms. The van der Waals surface area contributed by atoms with Gasteiger partial charge in [-0.1, -0.05) is 41.9 Å². The van der Waals surface area contributed by atoms with Crippen LogP contribution in [-0.2, 0) is 9.47 Å². The molecule has 1 fully saturated rings. The van der Waals surface area contributed by atoms with E-state index in [0.29, 0.717) is 11.6 Å². The molecular formula is C14H17ClO3. The highest BCUT2D eigenvalue weighted by atomic mass is 35.5. The van der Waals surface area contributed by atoms with Crippen LogP contribution < -0.4 is 0 Å². The molecule has 0 amide bonds. The fourth-order valence-electron chi connectivity index (χ4n) is 1.84. The Labute approximate surface area is 112 Å². The van der Waals surface area contributed by atoms with Crippen molar-refractivity contribution in [2.45, 2.75) is 31.8 Å². The molecule has 0 saturated carbocycles. The highest BCUT2D eigenvalue weighted by Crippen LogP contribution is 2.28. The Bertz CT molecular complexity index is 428. The second kappa shape index (κ2) is 5.41. The molecule has 0 radical (unpaired) electrons. The summed E-state index contributed by atoms with van der Waals surface area (Å²) in [6, 6.07) is 9.61. The van der Waals surface area contributed by atoms with E-state index in [9.17, 15) is 5.11 Å². The lowest BCUT2D eigenvalue weighted by Crippen LogP contribution is -2.30. The number of ether oxygens (including phenoxy) is 2. The van der Waals surface area contributed by atoms with Gasteiger partial charge in [0.15, 0.2) is 5.79 Å². The maximum absolute atomic E-state index is 10.1. The third kappa shape index (κ3) is 3.33. The summed E-state index contributed by atoms with van der Waals surface area (Å²) in [6.07, 6.45) is 0.446. The van der Waals surface area contributed by atoms with Crippen molar-refractivity contribution in [1.82, 2.24) is 0 Å². The van der Waals surface area contributed by atoms with Crippen molar-refractivity contribution in [3.63, 3.8) is 0 Å². The number of rotatable bonds is 3. The van der Waals surface area contributed by atoms with Gasteiger partial charge in [0.1, 0.15) is 12.2 Å². The topological polar surface area (TPSA) is 38.7 Å². The molecule has 1 aromatic rings. The van der Waals surface area contributed by atoms with Gasteiger partial charge in [-0.2, -0.15) is 0 Å². The van der Waals surface area contributed by atoms with Crippen LogP contribution in [0.5, 0.6) is 0 Å². The average Bonchev–Trinajstić information content (AvgIpc) is 2.70. The molecule has 0 aliphatic carbocycles. The molecule has 1 aliphatic rings. The molecule has 2 atom stereocenters. The summed E-state index contributed by atoms with van der Waals surface area (Å²) in [7, 11) is 0. The molecule has 0 aromatic heterocycles. The molecule has 98 valence electrons. The Balaban J connectivity index is 2.05. The zero-order valence-electron chi connectivity index (χ0n) is 10.5. The smallest absolute Gasteiger partial charge is 0.163 e. The van der Waals surface area contributed by atoms with E-state index < -0.39 is 18.0 Å². The van der Waals surface area contributed by atoms with E-state index in [2.05, 4.69) is 0 Å². The summed E-state index contributed by atoms with van der Waals surface area (Å²) in [5.74, 6) is -0.657. The molecule has 3 nitrogen and oxygen atoms in total. The van der Waals surface area contributed by atoms with E-state index in [1.807, 2.05) is 44.2 Å². The average molecular weight is 269 g/mol. The predicted octanol–water partition coefficient (Wildman–Crippen LogP) is 2.78. The monoisotopic (exact) mass is 268 g/mol. The maximum Gasteiger partial charge on any atom is 0.163 e. The van der Waals surface area contributed by atoms with E-state index in [1.165, 1.54) is 0 Å². The van der Waals surface area contributed by atoms with Gasteiger partial charge in [-0.3, -0.25) is 0 Å². The van der Waals surface area contributed by atoms with Crippen LogP contribution in [0.1, 0.15) is 19.4 Å². The van der Waals surface area contributed by atoms with Gasteiger partial charge >= 0.3 is 0 Å². The van der Waals surface area contributed by atoms with Crippen LogP contribution in [0.3, 0.4) is 0 Å². The maximum atomic E-state index is 10.1. The Morgan fingerprint density at radius 1 is 1.44 bits per heavy atom. The van der Waals surface area contributed by atoms with Crippen molar-refractivity contribution in [3.8, 4) is 0 Å². The minimum absolute atomic E-state index is 0.340. The van der Waals surface area contributed by atoms with Crippen LogP contribution in [0.4, 0.5) is 0 Å². The molecular weight excluding hydrogens is 252 g/mol. The molecule has 1 heterocycles. The lowest BCUT2D eigenvalue weighted by molar-refractivity contribution is -0.147. The molecule has 2 rings (SSSR count). The third-order valence-corrected chi connectivity index (χ3v) is 3.10. The van der Waals surface area contributed by atoms with Crippen molar-refractivity contribution in [3.05, 3.63) is 40.9 Å². The van der Waals surface area contributed by atoms with E-state index >= 15 is 0 Å². The Kier molecular flexibility index (Phi) is 4.07. The Morgan fingerprint density at radius 3 is 2.67 bits per heavy atom. The van der Waals surface area contributed by atoms with Gasteiger partial charge in [-0.15, -0.1) is 0 Å². The molecule has 1 saturated heterocycles. The zero-order chi connectivity index (χ0) is 13.2. The minimum Gasteiger partial charge on any atom is -0.385 e. The summed E-state index contributed by atoms with van der Waals surface area (Å²) >= 11 is 6.11. The Hall–Kier alpha value is -0.870. The minimum atomic E-state index is -0.867. The molecule has 0 unspecified atom stereocenters. The SMILES string of the molecule is CC1(C)OC[C@H]([C@H](O)/C(Cl)=C/c2ccccc2)O1. The van der Waals surface area contributed by atoms with Gasteiger partial charge in [0, 0.05) is 5.03 Å². The molecule has 1 aliphatic heterocycles. The first kappa shape index (κ1) is 13.6. The van der Waals surface area contributed by atoms with Gasteiger partial charge in [-0.25, -0.2) is 0 Å². The first-order valence-corrected chi connectivity index (χ1v) is 6.28. The van der Waals surface area contributed by atoms with Crippen molar-refractivity contribution >= 4 is 17.7 Å². The number of halogens is 1. The highest BCUT2D eigenvalue weighted by Gasteiger charge is 2.37. The quantitative estimate of drug-likeness (QED) is 0.916. The summed E-state index contributed by atoms with van der Waals surface area (Å²) in [5.41, 5.74) is 0.944. The van der Waals surface area contributed by atoms with Gasteiger partial charge in [0.25, 0.3) is 0 Å². The first-order chi connectivity index (χ1) is 8.48. The number of aliphatic hydroxyl groups is 1. The van der Waals surface area contributed by atoms with Crippen molar-refractivity contribution in [1.29, 1.82) is 0 Å². The zero-order valence-corrected chi connectivity index (χ0v) is 11.2. The number of benzene rings is 1. The largest absolute Gasteiger partial charge is 0.385 e. The highest BCUT2D eigenvalue weighted by molar-refractivity contribution is 6.32. The first-order valence-electron chi connectivity index (χ1n) is 5.90. The van der Waals surface area contributed by atoms with Crippen molar-refractivity contribution < 1.29 is 14.6 Å². The second-order valence-electron chi connectivity index (χ2n) is 4.75. The van der Waals surface area contributed by atoms with Crippen LogP contribution in [-0.4, -0.2) is 29.7 Å². The van der Waals surface area contributed by atoms with E-state index in [1.54, 1.807) is 6.08 Å². The van der Waals surface area contributed by atoms with Gasteiger partial charge < -0.3 is 14.6 Å². The summed E-state index contributed by atoms with van der Waals surface area (Å²) in [5, 5.41) is 10.5. The fraction of sp³-hybridized carbons (Fsp3) is 0.429. The third-order valence-electron chi connectivity index (χ3n) is 2.77. The normalized spacial score (nSPS) is 25.1. The standard InChI is InChI=1S/C14H17ClO3/c1-14(2)17-9-12(18-14)13(16)11(15)8-10-6-4-3-5-7-10/h3-8,12-13,16H,9H2,1-2H3/b11-8-/t12-,13-/m1/s1. The van der Waals surface area contributed by atoms with E-state index in [4.69, 9.17) is 21.1 Å². The van der Waals surface area contributed by atoms with Crippen LogP contribution >= 0.6 is 11.6 Å². The summed E-state index contributed by atoms with van der Waals surface area (Å²) in [4.78, 5) is 0. The molecule has 18 heavy (non-hydrogen) atoms. The lowest BCUT2D eigenvalue weighted by Gasteiger charge is -2.20. The molecule has 0 spiro atoms. The number of aliphatic hydroxyl groups excluding tert-OH is 1. The number of hydrogen-bond donors (Lipinski definition) is 1. The fourth-order valence-corrected chi connectivity index (χ4v) is 2.11. The summed E-state index contributed by atoms with van der Waals surface area (Å²) < 4.78 is 11.0. The van der Waals surface area contributed by atoms with Crippen molar-refractivity contribution in [2.24, 2.45) is 0 Å². The lowest BCUT2D eigenvalue weighted by atomic mass is 10.1. The van der Waals surface area contributed by atoms with Crippen LogP contribution in [0.25, 0.3) is 6.08 Å². The van der Waals surface area contributed by atoms with Crippen LogP contribution in [0.2, 0.25) is 0 Å². The van der Waals surface area contributed by atoms with Gasteiger partial charge in [0.05, 0.1) is 6.61 Å². The van der Waals surface area contributed by atoms with Gasteiger partial charge in [-0.05, 0) is 25.5 Å². The van der Waals surface area contributed by atoms with Crippen LogP contribution in [0.15, 0.2) is 35.4 Å². The van der Waals surface area contributed by atoms with Gasteiger partial charge in [0.2, 0.25) is 0 Å². The molecule has 1 N–H and O–H groups in total. The molecule has 4 heteroatoms. The van der Waals surface area contributed by atoms with E-state index in [0.717, 1.165) is 5.56 Å². The second-order valence-corrected chi connectivity index (χ2v) is 5.19. The Morgan fingerprint density at radius 2 is 2.11 bits per heavy atom. The predicted molar refractivity (Wildman–Crippen MR) is 71.2 cm³/mol. The van der Waals surface area contributed by atoms with Crippen LogP contribution in [0, 0.1) is 0 Å². The number of hydrogen-bond acceptors (Lipinski definition) is 3. The van der Waals surface area contributed by atoms with E-state index in [-0.39, 0.29) is 0 Å². The summed E-state index contributed by atoms with van der Waals surface area (Å²) in [6.45, 7) is 3.97.